The average molecular weight is 383 g/mol. The second-order valence-electron chi connectivity index (χ2n) is 7.44. The summed E-state index contributed by atoms with van der Waals surface area (Å²) in [6.07, 6.45) is 0. The summed E-state index contributed by atoms with van der Waals surface area (Å²) < 4.78 is 5.48. The number of methoxy groups -OCH3 is 1. The molecule has 0 unspecified atom stereocenters. The standard InChI is InChI=1S/C21H29N5O2/c1-15(2)14-22-20(27)17-13-16(3)23-21(24-17)26-11-9-25(10-12-26)18-7-5-6-8-19(18)28-4/h5-8,13,15H,9-12,14H2,1-4H3,(H,22,27). The lowest BCUT2D eigenvalue weighted by atomic mass is 10.2. The third-order valence-electron chi connectivity index (χ3n) is 4.73. The van der Waals surface area contributed by atoms with Crippen molar-refractivity contribution in [3.05, 3.63) is 41.7 Å². The van der Waals surface area contributed by atoms with Gasteiger partial charge in [-0.25, -0.2) is 9.97 Å². The number of hydrogen-bond donors (Lipinski definition) is 1. The quantitative estimate of drug-likeness (QED) is 0.827. The van der Waals surface area contributed by atoms with Crippen molar-refractivity contribution in [1.82, 2.24) is 15.3 Å². The van der Waals surface area contributed by atoms with Crippen molar-refractivity contribution >= 4 is 17.5 Å². The SMILES string of the molecule is COc1ccccc1N1CCN(c2nc(C)cc(C(=O)NCC(C)C)n2)CC1. The Morgan fingerprint density at radius 3 is 2.50 bits per heavy atom. The number of carbonyl (C=O) groups is 1. The van der Waals surface area contributed by atoms with Gasteiger partial charge < -0.3 is 19.9 Å². The molecular formula is C21H29N5O2. The van der Waals surface area contributed by atoms with Crippen molar-refractivity contribution in [1.29, 1.82) is 0 Å². The van der Waals surface area contributed by atoms with E-state index in [4.69, 9.17) is 4.74 Å². The molecule has 0 radical (unpaired) electrons. The number of nitrogens with one attached hydrogen (secondary N) is 1. The number of amides is 1. The number of rotatable bonds is 6. The van der Waals surface area contributed by atoms with Crippen LogP contribution in [0.3, 0.4) is 0 Å². The van der Waals surface area contributed by atoms with E-state index < -0.39 is 0 Å². The van der Waals surface area contributed by atoms with Crippen LogP contribution in [0.1, 0.15) is 30.0 Å². The Kier molecular flexibility index (Phi) is 6.34. The molecule has 1 aromatic heterocycles. The molecule has 0 atom stereocenters. The number of nitrogens with zero attached hydrogens (tertiary/aromatic N) is 4. The van der Waals surface area contributed by atoms with E-state index in [-0.39, 0.29) is 5.91 Å². The van der Waals surface area contributed by atoms with Gasteiger partial charge in [0.05, 0.1) is 12.8 Å². The van der Waals surface area contributed by atoms with Gasteiger partial charge >= 0.3 is 0 Å². The second-order valence-corrected chi connectivity index (χ2v) is 7.44. The maximum absolute atomic E-state index is 12.4. The van der Waals surface area contributed by atoms with E-state index in [1.165, 1.54) is 0 Å². The van der Waals surface area contributed by atoms with Crippen molar-refractivity contribution in [2.75, 3.05) is 49.6 Å². The van der Waals surface area contributed by atoms with E-state index in [2.05, 4.69) is 45.0 Å². The molecule has 150 valence electrons. The maximum Gasteiger partial charge on any atom is 0.270 e. The Bertz CT molecular complexity index is 816. The molecule has 7 heteroatoms. The minimum atomic E-state index is -0.145. The van der Waals surface area contributed by atoms with Crippen LogP contribution in [-0.4, -0.2) is 55.7 Å². The summed E-state index contributed by atoms with van der Waals surface area (Å²) in [5.74, 6) is 1.75. The molecule has 1 N–H and O–H groups in total. The van der Waals surface area contributed by atoms with E-state index in [1.54, 1.807) is 13.2 Å². The Morgan fingerprint density at radius 1 is 1.14 bits per heavy atom. The van der Waals surface area contributed by atoms with Crippen molar-refractivity contribution < 1.29 is 9.53 Å². The topological polar surface area (TPSA) is 70.6 Å². The highest BCUT2D eigenvalue weighted by Gasteiger charge is 2.22. The molecule has 0 saturated carbocycles. The number of carbonyl (C=O) groups excluding carboxylic acids is 1. The molecule has 0 aliphatic carbocycles. The van der Waals surface area contributed by atoms with Gasteiger partial charge in [-0.05, 0) is 31.0 Å². The van der Waals surface area contributed by atoms with E-state index in [0.29, 0.717) is 24.1 Å². The Balaban J connectivity index is 1.69. The maximum atomic E-state index is 12.4. The Hall–Kier alpha value is -2.83. The van der Waals surface area contributed by atoms with Crippen molar-refractivity contribution in [3.8, 4) is 5.75 Å². The molecule has 1 aromatic carbocycles. The summed E-state index contributed by atoms with van der Waals surface area (Å²) in [5.41, 5.74) is 2.32. The van der Waals surface area contributed by atoms with Crippen LogP contribution < -0.4 is 19.9 Å². The monoisotopic (exact) mass is 383 g/mol. The number of benzene rings is 1. The van der Waals surface area contributed by atoms with E-state index in [9.17, 15) is 4.79 Å². The minimum absolute atomic E-state index is 0.145. The summed E-state index contributed by atoms with van der Waals surface area (Å²) >= 11 is 0. The first-order chi connectivity index (χ1) is 13.5. The summed E-state index contributed by atoms with van der Waals surface area (Å²) in [6, 6.07) is 9.80. The van der Waals surface area contributed by atoms with Crippen molar-refractivity contribution in [2.45, 2.75) is 20.8 Å². The van der Waals surface area contributed by atoms with Crippen LogP contribution >= 0.6 is 0 Å². The molecule has 1 amide bonds. The van der Waals surface area contributed by atoms with Crippen LogP contribution in [0.25, 0.3) is 0 Å². The zero-order chi connectivity index (χ0) is 20.1. The van der Waals surface area contributed by atoms with Crippen molar-refractivity contribution in [2.24, 2.45) is 5.92 Å². The zero-order valence-corrected chi connectivity index (χ0v) is 17.1. The second kappa shape index (κ2) is 8.91. The molecule has 1 fully saturated rings. The van der Waals surface area contributed by atoms with Gasteiger partial charge in [0.2, 0.25) is 5.95 Å². The summed E-state index contributed by atoms with van der Waals surface area (Å²) in [4.78, 5) is 25.9. The smallest absolute Gasteiger partial charge is 0.270 e. The van der Waals surface area contributed by atoms with Gasteiger partial charge in [0.25, 0.3) is 5.91 Å². The first-order valence-electron chi connectivity index (χ1n) is 9.74. The van der Waals surface area contributed by atoms with E-state index >= 15 is 0 Å². The summed E-state index contributed by atoms with van der Waals surface area (Å²) in [6.45, 7) is 9.92. The molecule has 1 aliphatic heterocycles. The predicted octanol–water partition coefficient (Wildman–Crippen LogP) is 2.51. The lowest BCUT2D eigenvalue weighted by Gasteiger charge is -2.36. The van der Waals surface area contributed by atoms with E-state index in [0.717, 1.165) is 43.3 Å². The number of para-hydroxylation sites is 2. The first kappa shape index (κ1) is 19.9. The van der Waals surface area contributed by atoms with Crippen molar-refractivity contribution in [3.63, 3.8) is 0 Å². The lowest BCUT2D eigenvalue weighted by molar-refractivity contribution is 0.0943. The highest BCUT2D eigenvalue weighted by atomic mass is 16.5. The average Bonchev–Trinajstić information content (AvgIpc) is 2.71. The van der Waals surface area contributed by atoms with Crippen LogP contribution in [0, 0.1) is 12.8 Å². The zero-order valence-electron chi connectivity index (χ0n) is 17.1. The van der Waals surface area contributed by atoms with Gasteiger partial charge in [-0.2, -0.15) is 0 Å². The predicted molar refractivity (Wildman–Crippen MR) is 111 cm³/mol. The fraction of sp³-hybridized carbons (Fsp3) is 0.476. The fourth-order valence-electron chi connectivity index (χ4n) is 3.24. The first-order valence-corrected chi connectivity index (χ1v) is 9.74. The van der Waals surface area contributed by atoms with Gasteiger partial charge in [0.15, 0.2) is 0 Å². The van der Waals surface area contributed by atoms with Crippen LogP contribution in [0.4, 0.5) is 11.6 Å². The lowest BCUT2D eigenvalue weighted by Crippen LogP contribution is -2.47. The van der Waals surface area contributed by atoms with Gasteiger partial charge in [0, 0.05) is 38.4 Å². The molecule has 2 heterocycles. The van der Waals surface area contributed by atoms with Crippen LogP contribution in [0.5, 0.6) is 5.75 Å². The molecule has 2 aromatic rings. The minimum Gasteiger partial charge on any atom is -0.495 e. The fourth-order valence-corrected chi connectivity index (χ4v) is 3.24. The largest absolute Gasteiger partial charge is 0.495 e. The van der Waals surface area contributed by atoms with Crippen LogP contribution in [0.2, 0.25) is 0 Å². The van der Waals surface area contributed by atoms with Crippen LogP contribution in [-0.2, 0) is 0 Å². The molecule has 1 aliphatic rings. The van der Waals surface area contributed by atoms with Crippen LogP contribution in [0.15, 0.2) is 30.3 Å². The summed E-state index contributed by atoms with van der Waals surface area (Å²) in [7, 11) is 1.70. The van der Waals surface area contributed by atoms with Gasteiger partial charge in [-0.15, -0.1) is 0 Å². The number of ether oxygens (including phenoxy) is 1. The van der Waals surface area contributed by atoms with Gasteiger partial charge in [-0.1, -0.05) is 26.0 Å². The number of anilines is 2. The molecular weight excluding hydrogens is 354 g/mol. The molecule has 0 bridgehead atoms. The van der Waals surface area contributed by atoms with Gasteiger partial charge in [0.1, 0.15) is 11.4 Å². The normalized spacial score (nSPS) is 14.3. The molecule has 0 spiro atoms. The number of aryl methyl sites for hydroxylation is 1. The third kappa shape index (κ3) is 4.71. The number of aromatic nitrogens is 2. The van der Waals surface area contributed by atoms with E-state index in [1.807, 2.05) is 25.1 Å². The molecule has 28 heavy (non-hydrogen) atoms. The number of hydrogen-bond acceptors (Lipinski definition) is 6. The third-order valence-corrected chi connectivity index (χ3v) is 4.73. The highest BCUT2D eigenvalue weighted by Crippen LogP contribution is 2.28. The Morgan fingerprint density at radius 2 is 1.82 bits per heavy atom. The highest BCUT2D eigenvalue weighted by molar-refractivity contribution is 5.92. The van der Waals surface area contributed by atoms with Gasteiger partial charge in [-0.3, -0.25) is 4.79 Å². The summed E-state index contributed by atoms with van der Waals surface area (Å²) in [5, 5.41) is 2.93. The molecule has 3 rings (SSSR count). The Labute approximate surface area is 166 Å². The molecule has 7 nitrogen and oxygen atoms in total. The molecule has 1 saturated heterocycles. The number of piperazine rings is 1.